The second-order valence-corrected chi connectivity index (χ2v) is 10.6. The van der Waals surface area contributed by atoms with Crippen LogP contribution in [0, 0.1) is 0 Å². The molecule has 2 N–H and O–H groups in total. The molecule has 0 saturated carbocycles. The molecule has 0 atom stereocenters. The summed E-state index contributed by atoms with van der Waals surface area (Å²) in [6, 6.07) is 13.4. The van der Waals surface area contributed by atoms with Gasteiger partial charge in [-0.3, -0.25) is 14.2 Å². The van der Waals surface area contributed by atoms with Crippen molar-refractivity contribution in [3.05, 3.63) is 85.7 Å². The molecular weight excluding hydrogens is 615 g/mol. The Morgan fingerprint density at radius 1 is 1.11 bits per heavy atom. The third-order valence-electron chi connectivity index (χ3n) is 4.84. The summed E-state index contributed by atoms with van der Waals surface area (Å²) < 4.78 is 41.6. The molecule has 0 aliphatic carbocycles. The highest BCUT2D eigenvalue weighted by molar-refractivity contribution is 9.10. The van der Waals surface area contributed by atoms with E-state index in [1.165, 1.54) is 11.3 Å². The van der Waals surface area contributed by atoms with Crippen LogP contribution >= 0.6 is 50.6 Å². The monoisotopic (exact) mass is 629 g/mol. The van der Waals surface area contributed by atoms with Crippen LogP contribution in [0.3, 0.4) is 0 Å². The number of aromatic nitrogens is 3. The van der Waals surface area contributed by atoms with E-state index in [-0.39, 0.29) is 28.9 Å². The Labute approximate surface area is 230 Å². The van der Waals surface area contributed by atoms with Crippen molar-refractivity contribution in [2.75, 3.05) is 11.1 Å². The maximum Gasteiger partial charge on any atom is 0.416 e. The molecule has 0 saturated heterocycles. The highest BCUT2D eigenvalue weighted by atomic mass is 79.9. The Balaban J connectivity index is 1.50. The Bertz CT molecular complexity index is 1410. The largest absolute Gasteiger partial charge is 0.416 e. The van der Waals surface area contributed by atoms with Crippen LogP contribution in [0.1, 0.15) is 21.1 Å². The predicted molar refractivity (Wildman–Crippen MR) is 140 cm³/mol. The predicted octanol–water partition coefficient (Wildman–Crippen LogP) is 6.42. The van der Waals surface area contributed by atoms with Crippen LogP contribution in [-0.4, -0.2) is 32.3 Å². The quantitative estimate of drug-likeness (QED) is 0.219. The van der Waals surface area contributed by atoms with Gasteiger partial charge in [0.25, 0.3) is 5.91 Å². The first-order valence-electron chi connectivity index (χ1n) is 10.4. The number of anilines is 1. The SMILES string of the molecule is O=C(CSc1nnc(CNC(=O)c2cccs2)n1-c1ccc(Br)cc1)Nc1cc(C(F)(F)F)ccc1Cl. The number of thiophene rings is 1. The summed E-state index contributed by atoms with van der Waals surface area (Å²) in [7, 11) is 0. The van der Waals surface area contributed by atoms with E-state index in [0.717, 1.165) is 34.4 Å². The minimum atomic E-state index is -4.57. The van der Waals surface area contributed by atoms with Gasteiger partial charge in [-0.1, -0.05) is 45.4 Å². The number of carbonyl (C=O) groups excluding carboxylic acids is 2. The molecule has 0 aliphatic rings. The van der Waals surface area contributed by atoms with Gasteiger partial charge >= 0.3 is 6.18 Å². The number of nitrogens with one attached hydrogen (secondary N) is 2. The van der Waals surface area contributed by atoms with Crippen molar-refractivity contribution in [1.29, 1.82) is 0 Å². The zero-order chi connectivity index (χ0) is 26.6. The average molecular weight is 631 g/mol. The number of amides is 2. The Kier molecular flexibility index (Phi) is 8.57. The first-order valence-corrected chi connectivity index (χ1v) is 13.5. The lowest BCUT2D eigenvalue weighted by molar-refractivity contribution is -0.137. The lowest BCUT2D eigenvalue weighted by Gasteiger charge is -2.12. The topological polar surface area (TPSA) is 88.9 Å². The first kappa shape index (κ1) is 27.2. The van der Waals surface area contributed by atoms with E-state index in [2.05, 4.69) is 36.8 Å². The van der Waals surface area contributed by atoms with Gasteiger partial charge in [-0.25, -0.2) is 0 Å². The molecule has 0 aliphatic heterocycles. The van der Waals surface area contributed by atoms with E-state index < -0.39 is 17.6 Å². The molecule has 7 nitrogen and oxygen atoms in total. The number of halogens is 5. The van der Waals surface area contributed by atoms with E-state index in [9.17, 15) is 22.8 Å². The lowest BCUT2D eigenvalue weighted by Crippen LogP contribution is -2.24. The third-order valence-corrected chi connectivity index (χ3v) is 7.49. The molecule has 0 spiro atoms. The molecule has 2 aromatic heterocycles. The van der Waals surface area contributed by atoms with Crippen LogP contribution in [-0.2, 0) is 17.5 Å². The van der Waals surface area contributed by atoms with E-state index in [1.807, 2.05) is 24.3 Å². The molecule has 0 bridgehead atoms. The molecule has 2 aromatic carbocycles. The van der Waals surface area contributed by atoms with Gasteiger partial charge in [-0.05, 0) is 53.9 Å². The van der Waals surface area contributed by atoms with Crippen molar-refractivity contribution in [2.24, 2.45) is 0 Å². The van der Waals surface area contributed by atoms with Crippen molar-refractivity contribution in [3.8, 4) is 5.69 Å². The number of benzene rings is 2. The summed E-state index contributed by atoms with van der Waals surface area (Å²) in [5, 5.41) is 15.7. The number of alkyl halides is 3. The van der Waals surface area contributed by atoms with Crippen molar-refractivity contribution >= 4 is 68.1 Å². The molecular formula is C23H16BrClF3N5O2S2. The van der Waals surface area contributed by atoms with Crippen LogP contribution in [0.25, 0.3) is 5.69 Å². The summed E-state index contributed by atoms with van der Waals surface area (Å²) in [4.78, 5) is 25.5. The van der Waals surface area contributed by atoms with Gasteiger partial charge in [0, 0.05) is 10.2 Å². The zero-order valence-corrected chi connectivity index (χ0v) is 22.5. The van der Waals surface area contributed by atoms with Gasteiger partial charge in [0.1, 0.15) is 0 Å². The normalized spacial score (nSPS) is 11.4. The molecule has 0 radical (unpaired) electrons. The van der Waals surface area contributed by atoms with Crippen molar-refractivity contribution in [2.45, 2.75) is 17.9 Å². The van der Waals surface area contributed by atoms with Crippen molar-refractivity contribution in [1.82, 2.24) is 20.1 Å². The minimum absolute atomic E-state index is 0.0202. The molecule has 14 heteroatoms. The summed E-state index contributed by atoms with van der Waals surface area (Å²) in [5.41, 5.74) is -0.380. The van der Waals surface area contributed by atoms with E-state index in [4.69, 9.17) is 11.6 Å². The fourth-order valence-electron chi connectivity index (χ4n) is 3.13. The molecule has 2 amide bonds. The highest BCUT2D eigenvalue weighted by Gasteiger charge is 2.31. The first-order chi connectivity index (χ1) is 17.6. The van der Waals surface area contributed by atoms with Crippen LogP contribution in [0.15, 0.2) is 69.6 Å². The van der Waals surface area contributed by atoms with Gasteiger partial charge < -0.3 is 10.6 Å². The number of hydrogen-bond donors (Lipinski definition) is 2. The van der Waals surface area contributed by atoms with Gasteiger partial charge in [-0.15, -0.1) is 21.5 Å². The second-order valence-electron chi connectivity index (χ2n) is 7.40. The number of thioether (sulfide) groups is 1. The van der Waals surface area contributed by atoms with Gasteiger partial charge in [0.05, 0.1) is 33.4 Å². The maximum absolute atomic E-state index is 13.0. The molecule has 4 aromatic rings. The standard InChI is InChI=1S/C23H16BrClF3N5O2S2/c24-14-4-6-15(7-5-14)33-19(11-29-21(35)18-2-1-9-36-18)31-32-22(33)37-12-20(34)30-17-10-13(23(26,27)28)3-8-16(17)25/h1-10H,11-12H2,(H,29,35)(H,30,34). The fourth-order valence-corrected chi connectivity index (χ4v) is 4.97. The van der Waals surface area contributed by atoms with Crippen LogP contribution in [0.5, 0.6) is 0 Å². The second kappa shape index (κ2) is 11.7. The number of rotatable bonds is 8. The molecule has 37 heavy (non-hydrogen) atoms. The van der Waals surface area contributed by atoms with Crippen LogP contribution in [0.2, 0.25) is 5.02 Å². The Morgan fingerprint density at radius 3 is 2.54 bits per heavy atom. The van der Waals surface area contributed by atoms with Crippen LogP contribution in [0.4, 0.5) is 18.9 Å². The van der Waals surface area contributed by atoms with Crippen molar-refractivity contribution < 1.29 is 22.8 Å². The zero-order valence-electron chi connectivity index (χ0n) is 18.6. The molecule has 0 fully saturated rings. The number of carbonyl (C=O) groups is 2. The minimum Gasteiger partial charge on any atom is -0.344 e. The van der Waals surface area contributed by atoms with E-state index in [0.29, 0.717) is 21.5 Å². The molecule has 4 rings (SSSR count). The number of nitrogens with zero attached hydrogens (tertiary/aromatic N) is 3. The van der Waals surface area contributed by atoms with E-state index in [1.54, 1.807) is 22.1 Å². The van der Waals surface area contributed by atoms with Gasteiger partial charge in [-0.2, -0.15) is 13.2 Å². The smallest absolute Gasteiger partial charge is 0.344 e. The lowest BCUT2D eigenvalue weighted by atomic mass is 10.2. The third kappa shape index (κ3) is 6.92. The Morgan fingerprint density at radius 2 is 1.86 bits per heavy atom. The van der Waals surface area contributed by atoms with Gasteiger partial charge in [0.2, 0.25) is 5.91 Å². The van der Waals surface area contributed by atoms with Crippen molar-refractivity contribution in [3.63, 3.8) is 0 Å². The maximum atomic E-state index is 13.0. The summed E-state index contributed by atoms with van der Waals surface area (Å²) in [6.07, 6.45) is -4.57. The molecule has 2 heterocycles. The highest BCUT2D eigenvalue weighted by Crippen LogP contribution is 2.34. The van der Waals surface area contributed by atoms with Crippen LogP contribution < -0.4 is 10.6 Å². The summed E-state index contributed by atoms with van der Waals surface area (Å²) in [6.45, 7) is 0.0758. The molecule has 0 unspecified atom stereocenters. The summed E-state index contributed by atoms with van der Waals surface area (Å²) in [5.74, 6) is -0.588. The average Bonchev–Trinajstić information content (AvgIpc) is 3.53. The molecule has 192 valence electrons. The fraction of sp³-hybridized carbons (Fsp3) is 0.130. The van der Waals surface area contributed by atoms with Gasteiger partial charge in [0.15, 0.2) is 11.0 Å². The summed E-state index contributed by atoms with van der Waals surface area (Å²) >= 11 is 11.7. The number of hydrogen-bond acceptors (Lipinski definition) is 6. The Hall–Kier alpha value is -2.87. The van der Waals surface area contributed by atoms with E-state index >= 15 is 0 Å².